The highest BCUT2D eigenvalue weighted by Crippen LogP contribution is 1.94. The van der Waals surface area contributed by atoms with Gasteiger partial charge in [0.05, 0.1) is 0 Å². The third-order valence-corrected chi connectivity index (χ3v) is 1.21. The fourth-order valence-corrected chi connectivity index (χ4v) is 0.806. The molecule has 1 heterocycles. The van der Waals surface area contributed by atoms with Crippen molar-refractivity contribution in [2.24, 2.45) is 0 Å². The van der Waals surface area contributed by atoms with Crippen LogP contribution in [0, 0.1) is 13.8 Å². The Bertz CT molecular complexity index is 219. The summed E-state index contributed by atoms with van der Waals surface area (Å²) in [7, 11) is 1.64. The monoisotopic (exact) mass is 141 g/mol. The quantitative estimate of drug-likeness (QED) is 0.602. The van der Waals surface area contributed by atoms with Crippen molar-refractivity contribution < 1.29 is 4.74 Å². The lowest BCUT2D eigenvalue weighted by Crippen LogP contribution is -2.03. The van der Waals surface area contributed by atoms with Gasteiger partial charge in [0, 0.05) is 7.11 Å². The van der Waals surface area contributed by atoms with Crippen LogP contribution in [0.15, 0.2) is 0 Å². The first-order valence-corrected chi connectivity index (χ1v) is 3.11. The van der Waals surface area contributed by atoms with Crippen LogP contribution in [0.4, 0.5) is 0 Å². The van der Waals surface area contributed by atoms with Crippen LogP contribution in [0.1, 0.15) is 11.6 Å². The van der Waals surface area contributed by atoms with Crippen molar-refractivity contribution in [3.8, 4) is 0 Å². The molecule has 0 radical (unpaired) electrons. The van der Waals surface area contributed by atoms with E-state index in [1.165, 1.54) is 0 Å². The van der Waals surface area contributed by atoms with Crippen LogP contribution >= 0.6 is 0 Å². The van der Waals surface area contributed by atoms with Crippen LogP contribution in [0.25, 0.3) is 0 Å². The number of hydrogen-bond donors (Lipinski definition) is 0. The maximum absolute atomic E-state index is 4.88. The molecule has 0 aliphatic carbocycles. The molecule has 0 aliphatic rings. The van der Waals surface area contributed by atoms with Gasteiger partial charge in [0.2, 0.25) is 0 Å². The number of aryl methyl sites for hydroxylation is 2. The van der Waals surface area contributed by atoms with Crippen LogP contribution in [-0.2, 0) is 11.5 Å². The summed E-state index contributed by atoms with van der Waals surface area (Å²) in [5.41, 5.74) is 0. The molecule has 0 N–H and O–H groups in total. The summed E-state index contributed by atoms with van der Waals surface area (Å²) < 4.78 is 6.60. The van der Waals surface area contributed by atoms with Gasteiger partial charge in [-0.1, -0.05) is 0 Å². The second-order valence-corrected chi connectivity index (χ2v) is 2.12. The summed E-state index contributed by atoms with van der Waals surface area (Å²) in [4.78, 5) is 4.10. The van der Waals surface area contributed by atoms with Crippen LogP contribution in [0.5, 0.6) is 0 Å². The third kappa shape index (κ3) is 1.33. The van der Waals surface area contributed by atoms with E-state index in [1.54, 1.807) is 11.8 Å². The molecule has 0 atom stereocenters. The van der Waals surface area contributed by atoms with Crippen molar-refractivity contribution in [3.63, 3.8) is 0 Å². The Hall–Kier alpha value is -0.900. The molecule has 56 valence electrons. The molecule has 0 fully saturated rings. The van der Waals surface area contributed by atoms with Crippen LogP contribution < -0.4 is 0 Å². The predicted octanol–water partition coefficient (Wildman–Crippen LogP) is 0.499. The zero-order valence-corrected chi connectivity index (χ0v) is 6.46. The van der Waals surface area contributed by atoms with E-state index < -0.39 is 0 Å². The van der Waals surface area contributed by atoms with Gasteiger partial charge >= 0.3 is 0 Å². The molecule has 0 aromatic carbocycles. The van der Waals surface area contributed by atoms with Gasteiger partial charge in [-0.25, -0.2) is 9.67 Å². The molecule has 0 bridgehead atoms. The minimum atomic E-state index is 0.479. The van der Waals surface area contributed by atoms with Gasteiger partial charge in [0.15, 0.2) is 0 Å². The van der Waals surface area contributed by atoms with Crippen LogP contribution in [-0.4, -0.2) is 21.9 Å². The molecule has 0 aliphatic heterocycles. The van der Waals surface area contributed by atoms with E-state index in [0.717, 1.165) is 11.6 Å². The lowest BCUT2D eigenvalue weighted by atomic mass is 10.7. The van der Waals surface area contributed by atoms with Crippen molar-refractivity contribution in [1.82, 2.24) is 14.8 Å². The van der Waals surface area contributed by atoms with Gasteiger partial charge in [-0.2, -0.15) is 5.10 Å². The number of aromatic nitrogens is 3. The molecule has 1 rings (SSSR count). The summed E-state index contributed by atoms with van der Waals surface area (Å²) in [6.07, 6.45) is 0. The molecule has 10 heavy (non-hydrogen) atoms. The minimum absolute atomic E-state index is 0.479. The summed E-state index contributed by atoms with van der Waals surface area (Å²) >= 11 is 0. The molecule has 1 aromatic rings. The Balaban J connectivity index is 2.81. The van der Waals surface area contributed by atoms with Crippen molar-refractivity contribution in [1.29, 1.82) is 0 Å². The average Bonchev–Trinajstić information content (AvgIpc) is 2.13. The fraction of sp³-hybridized carbons (Fsp3) is 0.667. The second kappa shape index (κ2) is 2.79. The Morgan fingerprint density at radius 2 is 2.20 bits per heavy atom. The number of rotatable bonds is 2. The van der Waals surface area contributed by atoms with Gasteiger partial charge in [-0.3, -0.25) is 0 Å². The van der Waals surface area contributed by atoms with Gasteiger partial charge in [-0.15, -0.1) is 0 Å². The maximum atomic E-state index is 4.88. The largest absolute Gasteiger partial charge is 0.362 e. The first-order valence-electron chi connectivity index (χ1n) is 3.11. The Morgan fingerprint density at radius 1 is 1.50 bits per heavy atom. The number of methoxy groups -OCH3 is 1. The lowest BCUT2D eigenvalue weighted by Gasteiger charge is -1.97. The lowest BCUT2D eigenvalue weighted by molar-refractivity contribution is 0.118. The van der Waals surface area contributed by atoms with E-state index >= 15 is 0 Å². The van der Waals surface area contributed by atoms with Crippen molar-refractivity contribution in [2.45, 2.75) is 20.6 Å². The van der Waals surface area contributed by atoms with Crippen molar-refractivity contribution >= 4 is 0 Å². The normalized spacial score (nSPS) is 10.3. The van der Waals surface area contributed by atoms with E-state index in [1.807, 2.05) is 13.8 Å². The van der Waals surface area contributed by atoms with E-state index in [9.17, 15) is 0 Å². The molecular formula is C6H11N3O. The van der Waals surface area contributed by atoms with Gasteiger partial charge in [-0.05, 0) is 13.8 Å². The molecule has 0 spiro atoms. The summed E-state index contributed by atoms with van der Waals surface area (Å²) in [5.74, 6) is 1.67. The SMILES string of the molecule is COCn1nc(C)nc1C. The highest BCUT2D eigenvalue weighted by molar-refractivity contribution is 4.86. The molecule has 4 heteroatoms. The van der Waals surface area contributed by atoms with Gasteiger partial charge in [0.25, 0.3) is 0 Å². The average molecular weight is 141 g/mol. The second-order valence-electron chi connectivity index (χ2n) is 2.12. The molecule has 0 unspecified atom stereocenters. The van der Waals surface area contributed by atoms with Crippen LogP contribution in [0.2, 0.25) is 0 Å². The number of nitrogens with zero attached hydrogens (tertiary/aromatic N) is 3. The Morgan fingerprint density at radius 3 is 2.60 bits per heavy atom. The molecule has 4 nitrogen and oxygen atoms in total. The predicted molar refractivity (Wildman–Crippen MR) is 36.5 cm³/mol. The van der Waals surface area contributed by atoms with Gasteiger partial charge < -0.3 is 4.74 Å². The molecular weight excluding hydrogens is 130 g/mol. The van der Waals surface area contributed by atoms with E-state index in [0.29, 0.717) is 6.73 Å². The molecule has 0 saturated heterocycles. The first-order chi connectivity index (χ1) is 4.74. The van der Waals surface area contributed by atoms with Crippen molar-refractivity contribution in [2.75, 3.05) is 7.11 Å². The number of hydrogen-bond acceptors (Lipinski definition) is 3. The molecule has 0 amide bonds. The summed E-state index contributed by atoms with van der Waals surface area (Å²) in [6.45, 7) is 4.24. The Labute approximate surface area is 59.8 Å². The fourth-order valence-electron chi connectivity index (χ4n) is 0.806. The smallest absolute Gasteiger partial charge is 0.147 e. The van der Waals surface area contributed by atoms with E-state index in [4.69, 9.17) is 4.74 Å². The maximum Gasteiger partial charge on any atom is 0.147 e. The first kappa shape index (κ1) is 7.21. The van der Waals surface area contributed by atoms with Gasteiger partial charge in [0.1, 0.15) is 18.4 Å². The zero-order valence-electron chi connectivity index (χ0n) is 6.46. The third-order valence-electron chi connectivity index (χ3n) is 1.21. The van der Waals surface area contributed by atoms with E-state index in [2.05, 4.69) is 10.1 Å². The topological polar surface area (TPSA) is 39.9 Å². The summed E-state index contributed by atoms with van der Waals surface area (Å²) in [6, 6.07) is 0. The summed E-state index contributed by atoms with van der Waals surface area (Å²) in [5, 5.41) is 4.08. The number of ether oxygens (including phenoxy) is 1. The van der Waals surface area contributed by atoms with Crippen molar-refractivity contribution in [3.05, 3.63) is 11.6 Å². The van der Waals surface area contributed by atoms with Crippen LogP contribution in [0.3, 0.4) is 0 Å². The molecule has 0 saturated carbocycles. The molecule has 1 aromatic heterocycles. The highest BCUT2D eigenvalue weighted by atomic mass is 16.5. The van der Waals surface area contributed by atoms with E-state index in [-0.39, 0.29) is 0 Å². The minimum Gasteiger partial charge on any atom is -0.362 e. The highest BCUT2D eigenvalue weighted by Gasteiger charge is 1.99. The zero-order chi connectivity index (χ0) is 7.56. The standard InChI is InChI=1S/C6H11N3O/c1-5-7-6(2)9(8-5)4-10-3/h4H2,1-3H3. The Kier molecular flexibility index (Phi) is 2.01.